The number of hydrogen-bond acceptors (Lipinski definition) is 4. The number of pyridine rings is 2. The van der Waals surface area contributed by atoms with Gasteiger partial charge in [-0.2, -0.15) is 0 Å². The first-order valence-electron chi connectivity index (χ1n) is 5.92. The lowest BCUT2D eigenvalue weighted by Crippen LogP contribution is -2.12. The molecule has 1 aliphatic rings. The summed E-state index contributed by atoms with van der Waals surface area (Å²) < 4.78 is 0. The standard InChI is InChI=1S/C14H12N4O/c1-2-4-9-6-8-16-13-11(9)17-14(19)10-5-3-7-15-12(10)18-13/h2-3,5-8H,1,4H2,(H,17,19)(H,15,16,18). The van der Waals surface area contributed by atoms with Crippen LogP contribution in [-0.2, 0) is 6.42 Å². The Morgan fingerprint density at radius 3 is 2.84 bits per heavy atom. The van der Waals surface area contributed by atoms with Gasteiger partial charge in [-0.15, -0.1) is 6.58 Å². The minimum atomic E-state index is -0.187. The van der Waals surface area contributed by atoms with Gasteiger partial charge < -0.3 is 10.6 Å². The van der Waals surface area contributed by atoms with E-state index in [1.807, 2.05) is 6.07 Å². The van der Waals surface area contributed by atoms with E-state index in [2.05, 4.69) is 27.2 Å². The molecular formula is C14H12N4O. The van der Waals surface area contributed by atoms with Crippen LogP contribution in [0, 0.1) is 0 Å². The normalized spacial score (nSPS) is 12.5. The Morgan fingerprint density at radius 1 is 1.16 bits per heavy atom. The number of carbonyl (C=O) groups is 1. The predicted molar refractivity (Wildman–Crippen MR) is 73.6 cm³/mol. The van der Waals surface area contributed by atoms with Gasteiger partial charge in [0.2, 0.25) is 0 Å². The van der Waals surface area contributed by atoms with Crippen LogP contribution in [0.4, 0.5) is 17.3 Å². The molecule has 0 aromatic carbocycles. The molecule has 0 spiro atoms. The van der Waals surface area contributed by atoms with Gasteiger partial charge in [0, 0.05) is 12.4 Å². The van der Waals surface area contributed by atoms with E-state index in [1.54, 1.807) is 30.6 Å². The van der Waals surface area contributed by atoms with Crippen LogP contribution in [-0.4, -0.2) is 15.9 Å². The van der Waals surface area contributed by atoms with Gasteiger partial charge in [-0.3, -0.25) is 4.79 Å². The number of amides is 1. The molecule has 1 aliphatic heterocycles. The van der Waals surface area contributed by atoms with Crippen LogP contribution in [0.25, 0.3) is 0 Å². The quantitative estimate of drug-likeness (QED) is 0.806. The second-order valence-corrected chi connectivity index (χ2v) is 4.17. The highest BCUT2D eigenvalue weighted by Crippen LogP contribution is 2.31. The predicted octanol–water partition coefficient (Wildman–Crippen LogP) is 2.51. The first kappa shape index (κ1) is 11.4. The third-order valence-electron chi connectivity index (χ3n) is 2.93. The molecule has 3 heterocycles. The molecule has 0 saturated carbocycles. The Bertz CT molecular complexity index is 666. The number of aromatic nitrogens is 2. The zero-order valence-corrected chi connectivity index (χ0v) is 10.2. The van der Waals surface area contributed by atoms with E-state index in [9.17, 15) is 4.79 Å². The summed E-state index contributed by atoms with van der Waals surface area (Å²) in [5, 5.41) is 5.97. The van der Waals surface area contributed by atoms with Crippen molar-refractivity contribution in [3.8, 4) is 0 Å². The highest BCUT2D eigenvalue weighted by Gasteiger charge is 2.21. The van der Waals surface area contributed by atoms with Crippen LogP contribution in [0.5, 0.6) is 0 Å². The monoisotopic (exact) mass is 252 g/mol. The van der Waals surface area contributed by atoms with Crippen LogP contribution in [0.3, 0.4) is 0 Å². The maximum Gasteiger partial charge on any atom is 0.259 e. The molecule has 0 saturated heterocycles. The Labute approximate surface area is 110 Å². The van der Waals surface area contributed by atoms with Gasteiger partial charge in [-0.05, 0) is 30.2 Å². The van der Waals surface area contributed by atoms with Crippen molar-refractivity contribution in [2.45, 2.75) is 6.42 Å². The molecule has 19 heavy (non-hydrogen) atoms. The van der Waals surface area contributed by atoms with E-state index in [-0.39, 0.29) is 5.91 Å². The summed E-state index contributed by atoms with van der Waals surface area (Å²) in [4.78, 5) is 20.6. The molecule has 2 aromatic rings. The number of carbonyl (C=O) groups excluding carboxylic acids is 1. The topological polar surface area (TPSA) is 66.9 Å². The Hall–Kier alpha value is -2.69. The summed E-state index contributed by atoms with van der Waals surface area (Å²) in [6.45, 7) is 3.72. The SMILES string of the molecule is C=CCc1ccnc2c1NC(=O)c1cccnc1N2. The lowest BCUT2D eigenvalue weighted by Gasteiger charge is -2.10. The summed E-state index contributed by atoms with van der Waals surface area (Å²) in [6.07, 6.45) is 5.79. The van der Waals surface area contributed by atoms with Crippen molar-refractivity contribution >= 4 is 23.2 Å². The zero-order chi connectivity index (χ0) is 13.2. The van der Waals surface area contributed by atoms with Crippen LogP contribution >= 0.6 is 0 Å². The van der Waals surface area contributed by atoms with Gasteiger partial charge in [-0.1, -0.05) is 6.08 Å². The molecule has 3 rings (SSSR count). The molecule has 0 radical (unpaired) electrons. The van der Waals surface area contributed by atoms with Gasteiger partial charge in [0.1, 0.15) is 5.82 Å². The second-order valence-electron chi connectivity index (χ2n) is 4.17. The number of rotatable bonds is 2. The van der Waals surface area contributed by atoms with Gasteiger partial charge in [0.15, 0.2) is 5.82 Å². The summed E-state index contributed by atoms with van der Waals surface area (Å²) in [7, 11) is 0. The van der Waals surface area contributed by atoms with Crippen molar-refractivity contribution in [3.63, 3.8) is 0 Å². The van der Waals surface area contributed by atoms with E-state index in [0.29, 0.717) is 29.3 Å². The lowest BCUT2D eigenvalue weighted by molar-refractivity contribution is 0.102. The molecule has 0 atom stereocenters. The lowest BCUT2D eigenvalue weighted by atomic mass is 10.1. The van der Waals surface area contributed by atoms with E-state index in [0.717, 1.165) is 5.56 Å². The van der Waals surface area contributed by atoms with Gasteiger partial charge in [0.05, 0.1) is 11.3 Å². The fraction of sp³-hybridized carbons (Fsp3) is 0.0714. The van der Waals surface area contributed by atoms with Crippen LogP contribution in [0.2, 0.25) is 0 Å². The van der Waals surface area contributed by atoms with Gasteiger partial charge >= 0.3 is 0 Å². The summed E-state index contributed by atoms with van der Waals surface area (Å²) >= 11 is 0. The molecule has 2 N–H and O–H groups in total. The number of hydrogen-bond donors (Lipinski definition) is 2. The molecular weight excluding hydrogens is 240 g/mol. The van der Waals surface area contributed by atoms with Crippen molar-refractivity contribution in [2.75, 3.05) is 10.6 Å². The van der Waals surface area contributed by atoms with Crippen LogP contribution < -0.4 is 10.6 Å². The van der Waals surface area contributed by atoms with Crippen molar-refractivity contribution in [2.24, 2.45) is 0 Å². The third kappa shape index (κ3) is 1.95. The number of anilines is 3. The molecule has 0 fully saturated rings. The minimum Gasteiger partial charge on any atom is -0.323 e. The van der Waals surface area contributed by atoms with E-state index < -0.39 is 0 Å². The number of allylic oxidation sites excluding steroid dienone is 1. The molecule has 0 bridgehead atoms. The van der Waals surface area contributed by atoms with Gasteiger partial charge in [-0.25, -0.2) is 9.97 Å². The maximum absolute atomic E-state index is 12.2. The first-order chi connectivity index (χ1) is 9.29. The van der Waals surface area contributed by atoms with E-state index >= 15 is 0 Å². The van der Waals surface area contributed by atoms with Crippen molar-refractivity contribution in [3.05, 3.63) is 54.4 Å². The average molecular weight is 252 g/mol. The second kappa shape index (κ2) is 4.53. The fourth-order valence-electron chi connectivity index (χ4n) is 2.04. The smallest absolute Gasteiger partial charge is 0.259 e. The van der Waals surface area contributed by atoms with Crippen molar-refractivity contribution < 1.29 is 4.79 Å². The summed E-state index contributed by atoms with van der Waals surface area (Å²) in [6, 6.07) is 5.32. The Kier molecular flexibility index (Phi) is 2.72. The average Bonchev–Trinajstić information content (AvgIpc) is 2.56. The molecule has 1 amide bonds. The number of fused-ring (bicyclic) bond motifs is 2. The third-order valence-corrected chi connectivity index (χ3v) is 2.93. The largest absolute Gasteiger partial charge is 0.323 e. The fourth-order valence-corrected chi connectivity index (χ4v) is 2.04. The number of nitrogens with one attached hydrogen (secondary N) is 2. The minimum absolute atomic E-state index is 0.187. The highest BCUT2D eigenvalue weighted by atomic mass is 16.1. The summed E-state index contributed by atoms with van der Waals surface area (Å²) in [5.41, 5.74) is 2.16. The first-order valence-corrected chi connectivity index (χ1v) is 5.92. The summed E-state index contributed by atoms with van der Waals surface area (Å²) in [5.74, 6) is 0.930. The zero-order valence-electron chi connectivity index (χ0n) is 10.2. The number of nitrogens with zero attached hydrogens (tertiary/aromatic N) is 2. The molecule has 5 heteroatoms. The van der Waals surface area contributed by atoms with Crippen LogP contribution in [0.15, 0.2) is 43.2 Å². The molecule has 94 valence electrons. The van der Waals surface area contributed by atoms with Gasteiger partial charge in [0.25, 0.3) is 5.91 Å². The maximum atomic E-state index is 12.2. The Balaban J connectivity index is 2.14. The van der Waals surface area contributed by atoms with Crippen LogP contribution in [0.1, 0.15) is 15.9 Å². The van der Waals surface area contributed by atoms with E-state index in [1.165, 1.54) is 0 Å². The molecule has 2 aromatic heterocycles. The Morgan fingerprint density at radius 2 is 2.00 bits per heavy atom. The van der Waals surface area contributed by atoms with E-state index in [4.69, 9.17) is 0 Å². The van der Waals surface area contributed by atoms with Crippen molar-refractivity contribution in [1.29, 1.82) is 0 Å². The van der Waals surface area contributed by atoms with Crippen molar-refractivity contribution in [1.82, 2.24) is 9.97 Å². The molecule has 0 aliphatic carbocycles. The highest BCUT2D eigenvalue weighted by molar-refractivity contribution is 6.11. The molecule has 5 nitrogen and oxygen atoms in total. The molecule has 0 unspecified atom stereocenters.